The first kappa shape index (κ1) is 15.5. The van der Waals surface area contributed by atoms with Crippen LogP contribution < -0.4 is 15.8 Å². The Balaban J connectivity index is 1.88. The summed E-state index contributed by atoms with van der Waals surface area (Å²) in [5.41, 5.74) is 7.53. The molecule has 23 heavy (non-hydrogen) atoms. The number of nitrogens with zero attached hydrogens (tertiary/aromatic N) is 2. The van der Waals surface area contributed by atoms with Crippen LogP contribution >= 0.6 is 0 Å². The van der Waals surface area contributed by atoms with E-state index in [1.165, 1.54) is 19.2 Å². The molecule has 3 N–H and O–H groups in total. The van der Waals surface area contributed by atoms with Crippen molar-refractivity contribution in [2.45, 2.75) is 32.2 Å². The van der Waals surface area contributed by atoms with Crippen molar-refractivity contribution in [1.29, 1.82) is 0 Å². The number of methoxy groups -OCH3 is 1. The molecule has 0 saturated heterocycles. The van der Waals surface area contributed by atoms with Gasteiger partial charge in [-0.05, 0) is 37.8 Å². The number of fused-ring (bicyclic) bond motifs is 1. The molecule has 1 aliphatic rings. The van der Waals surface area contributed by atoms with Crippen molar-refractivity contribution < 1.29 is 13.5 Å². The van der Waals surface area contributed by atoms with Crippen LogP contribution in [-0.4, -0.2) is 17.1 Å². The molecule has 1 aliphatic carbocycles. The summed E-state index contributed by atoms with van der Waals surface area (Å²) in [6.07, 6.45) is 3.78. The zero-order valence-electron chi connectivity index (χ0n) is 12.8. The smallest absolute Gasteiger partial charge is 0.222 e. The second kappa shape index (κ2) is 6.36. The molecule has 2 aromatic rings. The van der Waals surface area contributed by atoms with Crippen LogP contribution in [-0.2, 0) is 19.4 Å². The molecule has 1 aromatic carbocycles. The van der Waals surface area contributed by atoms with Gasteiger partial charge in [0.25, 0.3) is 0 Å². The Bertz CT molecular complexity index is 737. The van der Waals surface area contributed by atoms with Gasteiger partial charge in [0, 0.05) is 17.7 Å². The highest BCUT2D eigenvalue weighted by molar-refractivity contribution is 5.51. The van der Waals surface area contributed by atoms with Crippen LogP contribution in [0, 0.1) is 11.6 Å². The van der Waals surface area contributed by atoms with Crippen LogP contribution in [0.25, 0.3) is 0 Å². The van der Waals surface area contributed by atoms with Gasteiger partial charge in [0.15, 0.2) is 11.6 Å². The van der Waals surface area contributed by atoms with Crippen LogP contribution in [0.15, 0.2) is 12.1 Å². The van der Waals surface area contributed by atoms with Crippen LogP contribution in [0.5, 0.6) is 5.75 Å². The lowest BCUT2D eigenvalue weighted by Crippen LogP contribution is -2.15. The lowest BCUT2D eigenvalue weighted by Gasteiger charge is -2.19. The number of nitrogens with one attached hydrogen (secondary N) is 1. The third-order valence-corrected chi connectivity index (χ3v) is 4.00. The maximum atomic E-state index is 14.2. The van der Waals surface area contributed by atoms with Crippen molar-refractivity contribution in [3.05, 3.63) is 40.6 Å². The molecule has 0 radical (unpaired) electrons. The summed E-state index contributed by atoms with van der Waals surface area (Å²) in [6, 6.07) is 2.45. The first-order valence-electron chi connectivity index (χ1n) is 7.50. The van der Waals surface area contributed by atoms with Gasteiger partial charge >= 0.3 is 0 Å². The van der Waals surface area contributed by atoms with Crippen molar-refractivity contribution >= 4 is 11.8 Å². The van der Waals surface area contributed by atoms with E-state index in [-0.39, 0.29) is 23.8 Å². The monoisotopic (exact) mass is 320 g/mol. The Hall–Kier alpha value is -2.44. The largest absolute Gasteiger partial charge is 0.494 e. The van der Waals surface area contributed by atoms with Gasteiger partial charge in [0.1, 0.15) is 11.6 Å². The molecule has 1 heterocycles. The van der Waals surface area contributed by atoms with Crippen LogP contribution in [0.1, 0.15) is 29.7 Å². The molecular formula is C16H18F2N4O. The number of nitrogens with two attached hydrogens (primary N) is 1. The van der Waals surface area contributed by atoms with Crippen LogP contribution in [0.4, 0.5) is 20.5 Å². The molecule has 0 aliphatic heterocycles. The molecule has 0 saturated carbocycles. The highest BCUT2D eigenvalue weighted by atomic mass is 19.1. The molecule has 7 heteroatoms. The number of benzene rings is 1. The minimum Gasteiger partial charge on any atom is -0.494 e. The number of ether oxygens (including phenoxy) is 1. The predicted molar refractivity (Wildman–Crippen MR) is 83.3 cm³/mol. The number of hydrogen-bond acceptors (Lipinski definition) is 5. The summed E-state index contributed by atoms with van der Waals surface area (Å²) in [4.78, 5) is 8.43. The molecule has 1 aromatic heterocycles. The Kier molecular flexibility index (Phi) is 4.27. The average Bonchev–Trinajstić information content (AvgIpc) is 2.54. The number of aromatic nitrogens is 2. The first-order chi connectivity index (χ1) is 11.1. The van der Waals surface area contributed by atoms with Crippen molar-refractivity contribution in [1.82, 2.24) is 9.97 Å². The SMILES string of the molecule is COc1ccc(F)c(CNc2nc(N)nc3c2CCCC3)c1F. The van der Waals surface area contributed by atoms with Crippen molar-refractivity contribution in [2.75, 3.05) is 18.2 Å². The number of hydrogen-bond donors (Lipinski definition) is 2. The van der Waals surface area contributed by atoms with Gasteiger partial charge in [0.05, 0.1) is 12.8 Å². The molecule has 122 valence electrons. The number of anilines is 2. The van der Waals surface area contributed by atoms with Gasteiger partial charge in [-0.3, -0.25) is 0 Å². The van der Waals surface area contributed by atoms with Gasteiger partial charge < -0.3 is 15.8 Å². The maximum absolute atomic E-state index is 14.2. The van der Waals surface area contributed by atoms with Gasteiger partial charge in [0.2, 0.25) is 5.95 Å². The Morgan fingerprint density at radius 3 is 2.78 bits per heavy atom. The molecule has 5 nitrogen and oxygen atoms in total. The topological polar surface area (TPSA) is 73.1 Å². The zero-order chi connectivity index (χ0) is 16.4. The van der Waals surface area contributed by atoms with E-state index in [0.29, 0.717) is 5.82 Å². The van der Waals surface area contributed by atoms with E-state index in [0.717, 1.165) is 36.9 Å². The first-order valence-corrected chi connectivity index (χ1v) is 7.50. The quantitative estimate of drug-likeness (QED) is 0.906. The second-order valence-electron chi connectivity index (χ2n) is 5.46. The summed E-state index contributed by atoms with van der Waals surface area (Å²) >= 11 is 0. The third kappa shape index (κ3) is 3.04. The van der Waals surface area contributed by atoms with E-state index in [9.17, 15) is 8.78 Å². The van der Waals surface area contributed by atoms with Gasteiger partial charge in [-0.1, -0.05) is 0 Å². The van der Waals surface area contributed by atoms with E-state index in [4.69, 9.17) is 10.5 Å². The summed E-state index contributed by atoms with van der Waals surface area (Å²) in [6.45, 7) is -0.0439. The molecular weight excluding hydrogens is 302 g/mol. The molecule has 0 spiro atoms. The summed E-state index contributed by atoms with van der Waals surface area (Å²) < 4.78 is 33.0. The Labute approximate surface area is 132 Å². The fourth-order valence-corrected chi connectivity index (χ4v) is 2.83. The molecule has 0 amide bonds. The average molecular weight is 320 g/mol. The van der Waals surface area contributed by atoms with Gasteiger partial charge in [-0.15, -0.1) is 0 Å². The Morgan fingerprint density at radius 1 is 1.22 bits per heavy atom. The molecule has 0 fully saturated rings. The van der Waals surface area contributed by atoms with Crippen LogP contribution in [0.3, 0.4) is 0 Å². The van der Waals surface area contributed by atoms with E-state index in [1.54, 1.807) is 0 Å². The number of rotatable bonds is 4. The fourth-order valence-electron chi connectivity index (χ4n) is 2.83. The zero-order valence-corrected chi connectivity index (χ0v) is 12.8. The van der Waals surface area contributed by atoms with E-state index < -0.39 is 11.6 Å². The highest BCUT2D eigenvalue weighted by Gasteiger charge is 2.19. The van der Waals surface area contributed by atoms with Crippen molar-refractivity contribution in [3.8, 4) is 5.75 Å². The van der Waals surface area contributed by atoms with Gasteiger partial charge in [-0.25, -0.2) is 13.8 Å². The van der Waals surface area contributed by atoms with Crippen molar-refractivity contribution in [2.24, 2.45) is 0 Å². The highest BCUT2D eigenvalue weighted by Crippen LogP contribution is 2.28. The summed E-state index contributed by atoms with van der Waals surface area (Å²) in [5.74, 6) is -0.622. The molecule has 0 unspecified atom stereocenters. The third-order valence-electron chi connectivity index (χ3n) is 4.00. The lowest BCUT2D eigenvalue weighted by molar-refractivity contribution is 0.381. The molecule has 0 bridgehead atoms. The minimum absolute atomic E-state index is 0.00688. The van der Waals surface area contributed by atoms with Gasteiger partial charge in [-0.2, -0.15) is 4.98 Å². The molecule has 0 atom stereocenters. The van der Waals surface area contributed by atoms with E-state index in [2.05, 4.69) is 15.3 Å². The maximum Gasteiger partial charge on any atom is 0.222 e. The van der Waals surface area contributed by atoms with E-state index in [1.807, 2.05) is 0 Å². The predicted octanol–water partition coefficient (Wildman–Crippen LogP) is 2.84. The van der Waals surface area contributed by atoms with Crippen LogP contribution in [0.2, 0.25) is 0 Å². The van der Waals surface area contributed by atoms with Crippen molar-refractivity contribution in [3.63, 3.8) is 0 Å². The Morgan fingerprint density at radius 2 is 2.00 bits per heavy atom. The molecule has 3 rings (SSSR count). The number of aryl methyl sites for hydroxylation is 1. The fraction of sp³-hybridized carbons (Fsp3) is 0.375. The second-order valence-corrected chi connectivity index (χ2v) is 5.46. The lowest BCUT2D eigenvalue weighted by atomic mass is 9.96. The summed E-state index contributed by atoms with van der Waals surface area (Å²) in [7, 11) is 1.34. The normalized spacial score (nSPS) is 13.5. The number of halogens is 2. The standard InChI is InChI=1S/C16H18F2N4O/c1-23-13-7-6-11(17)10(14(13)18)8-20-15-9-4-2-3-5-12(9)21-16(19)22-15/h6-7H,2-5,8H2,1H3,(H3,19,20,21,22). The number of nitrogen functional groups attached to an aromatic ring is 1. The van der Waals surface area contributed by atoms with E-state index >= 15 is 0 Å². The summed E-state index contributed by atoms with van der Waals surface area (Å²) in [5, 5.41) is 3.00. The minimum atomic E-state index is -0.712.